The average molecular weight is 338 g/mol. The minimum atomic E-state index is -0.540. The molecule has 0 unspecified atom stereocenters. The number of methoxy groups -OCH3 is 1. The zero-order chi connectivity index (χ0) is 17.0. The van der Waals surface area contributed by atoms with E-state index in [-0.39, 0.29) is 5.69 Å². The number of aromatic nitrogens is 3. The highest BCUT2D eigenvalue weighted by Gasteiger charge is 2.19. The highest BCUT2D eigenvalue weighted by Crippen LogP contribution is 2.23. The fraction of sp³-hybridized carbons (Fsp3) is 0.400. The van der Waals surface area contributed by atoms with Crippen LogP contribution in [0.1, 0.15) is 16.1 Å². The molecule has 7 nitrogen and oxygen atoms in total. The van der Waals surface area contributed by atoms with E-state index in [1.165, 1.54) is 11.9 Å². The normalized spacial score (nSPS) is 10.9. The van der Waals surface area contributed by atoms with E-state index in [0.717, 1.165) is 17.8 Å². The Labute approximate surface area is 140 Å². The lowest BCUT2D eigenvalue weighted by Gasteiger charge is -2.07. The van der Waals surface area contributed by atoms with Crippen LogP contribution in [0, 0.1) is 6.92 Å². The smallest absolute Gasteiger partial charge is 0.362 e. The van der Waals surface area contributed by atoms with Crippen LogP contribution >= 0.6 is 11.6 Å². The highest BCUT2D eigenvalue weighted by atomic mass is 35.5. The second-order valence-corrected chi connectivity index (χ2v) is 5.78. The summed E-state index contributed by atoms with van der Waals surface area (Å²) >= 11 is 6.12. The predicted molar refractivity (Wildman–Crippen MR) is 89.4 cm³/mol. The van der Waals surface area contributed by atoms with Crippen molar-refractivity contribution in [3.63, 3.8) is 0 Å². The molecule has 0 saturated carbocycles. The van der Waals surface area contributed by atoms with E-state index >= 15 is 0 Å². The molecule has 8 heteroatoms. The number of anilines is 2. The molecule has 0 aliphatic rings. The van der Waals surface area contributed by atoms with Crippen molar-refractivity contribution in [3.8, 4) is 0 Å². The van der Waals surface area contributed by atoms with Crippen LogP contribution in [0.5, 0.6) is 0 Å². The number of halogens is 1. The number of carbonyl (C=O) groups is 1. The van der Waals surface area contributed by atoms with Gasteiger partial charge in [0.15, 0.2) is 5.82 Å². The molecule has 2 aromatic rings. The average Bonchev–Trinajstić information content (AvgIpc) is 2.91. The van der Waals surface area contributed by atoms with Gasteiger partial charge >= 0.3 is 5.97 Å². The Morgan fingerprint density at radius 1 is 1.39 bits per heavy atom. The summed E-state index contributed by atoms with van der Waals surface area (Å²) < 4.78 is 4.77. The van der Waals surface area contributed by atoms with Gasteiger partial charge in [0.2, 0.25) is 5.69 Å². The predicted octanol–water partition coefficient (Wildman–Crippen LogP) is 2.33. The Balaban J connectivity index is 2.27. The molecule has 0 spiro atoms. The minimum absolute atomic E-state index is 0.142. The molecule has 0 saturated heterocycles. The van der Waals surface area contributed by atoms with E-state index in [9.17, 15) is 4.79 Å². The monoisotopic (exact) mass is 337 g/mol. The molecule has 0 aliphatic heterocycles. The Hall–Kier alpha value is -2.12. The van der Waals surface area contributed by atoms with Crippen LogP contribution in [-0.2, 0) is 11.3 Å². The van der Waals surface area contributed by atoms with Crippen molar-refractivity contribution in [2.45, 2.75) is 13.5 Å². The van der Waals surface area contributed by atoms with Gasteiger partial charge in [0.1, 0.15) is 0 Å². The largest absolute Gasteiger partial charge is 0.464 e. The van der Waals surface area contributed by atoms with Crippen LogP contribution < -0.4 is 5.32 Å². The van der Waals surface area contributed by atoms with Crippen molar-refractivity contribution >= 4 is 29.1 Å². The Morgan fingerprint density at radius 3 is 2.74 bits per heavy atom. The van der Waals surface area contributed by atoms with Gasteiger partial charge in [-0.15, -0.1) is 10.2 Å². The van der Waals surface area contributed by atoms with Crippen molar-refractivity contribution in [1.29, 1.82) is 0 Å². The fourth-order valence-corrected chi connectivity index (χ4v) is 2.04. The Morgan fingerprint density at radius 2 is 2.13 bits per heavy atom. The second kappa shape index (κ2) is 7.43. The minimum Gasteiger partial charge on any atom is -0.464 e. The molecule has 0 radical (unpaired) electrons. The summed E-state index contributed by atoms with van der Waals surface area (Å²) in [5, 5.41) is 12.2. The van der Waals surface area contributed by atoms with E-state index in [1.54, 1.807) is 6.07 Å². The zero-order valence-electron chi connectivity index (χ0n) is 13.6. The summed E-state index contributed by atoms with van der Waals surface area (Å²) in [5.74, 6) is -0.197. The summed E-state index contributed by atoms with van der Waals surface area (Å²) in [6, 6.07) is 5.52. The quantitative estimate of drug-likeness (QED) is 0.816. The van der Waals surface area contributed by atoms with Crippen LogP contribution in [-0.4, -0.2) is 53.6 Å². The number of benzene rings is 1. The lowest BCUT2D eigenvalue weighted by Crippen LogP contribution is -2.20. The number of hydrogen-bond acceptors (Lipinski definition) is 6. The summed E-state index contributed by atoms with van der Waals surface area (Å²) in [5.41, 5.74) is 1.84. The van der Waals surface area contributed by atoms with Crippen molar-refractivity contribution in [2.24, 2.45) is 0 Å². The Kier molecular flexibility index (Phi) is 5.57. The molecule has 23 heavy (non-hydrogen) atoms. The summed E-state index contributed by atoms with van der Waals surface area (Å²) in [7, 11) is 5.23. The van der Waals surface area contributed by atoms with Gasteiger partial charge in [0.05, 0.1) is 13.7 Å². The number of esters is 1. The third-order valence-corrected chi connectivity index (χ3v) is 3.62. The SMILES string of the molecule is COC(=O)c1nn(CCN(C)C)nc1Nc1ccc(C)c(Cl)c1. The van der Waals surface area contributed by atoms with Gasteiger partial charge in [0, 0.05) is 17.3 Å². The van der Waals surface area contributed by atoms with Crippen molar-refractivity contribution < 1.29 is 9.53 Å². The lowest BCUT2D eigenvalue weighted by atomic mass is 10.2. The summed E-state index contributed by atoms with van der Waals surface area (Å²) in [6.07, 6.45) is 0. The van der Waals surface area contributed by atoms with E-state index in [1.807, 2.05) is 38.1 Å². The van der Waals surface area contributed by atoms with Gasteiger partial charge in [-0.2, -0.15) is 4.80 Å². The summed E-state index contributed by atoms with van der Waals surface area (Å²) in [6.45, 7) is 3.24. The molecule has 1 aromatic carbocycles. The number of nitrogens with zero attached hydrogens (tertiary/aromatic N) is 4. The van der Waals surface area contributed by atoms with Crippen LogP contribution in [0.15, 0.2) is 18.2 Å². The first-order valence-corrected chi connectivity index (χ1v) is 7.50. The van der Waals surface area contributed by atoms with Gasteiger partial charge < -0.3 is 15.0 Å². The van der Waals surface area contributed by atoms with E-state index in [0.29, 0.717) is 17.4 Å². The van der Waals surface area contributed by atoms with Crippen molar-refractivity contribution in [3.05, 3.63) is 34.5 Å². The number of nitrogens with one attached hydrogen (secondary N) is 1. The van der Waals surface area contributed by atoms with Crippen LogP contribution in [0.4, 0.5) is 11.5 Å². The highest BCUT2D eigenvalue weighted by molar-refractivity contribution is 6.31. The first kappa shape index (κ1) is 17.2. The molecular formula is C15H20ClN5O2. The van der Waals surface area contributed by atoms with Crippen molar-refractivity contribution in [1.82, 2.24) is 19.9 Å². The number of aryl methyl sites for hydroxylation is 1. The number of likely N-dealkylation sites (N-methyl/N-ethyl adjacent to an activating group) is 1. The van der Waals surface area contributed by atoms with Gasteiger partial charge in [0.25, 0.3) is 0 Å². The van der Waals surface area contributed by atoms with E-state index < -0.39 is 5.97 Å². The molecule has 124 valence electrons. The standard InChI is InChI=1S/C15H20ClN5O2/c1-10-5-6-11(9-12(10)16)17-14-13(15(22)23-4)18-21(19-14)8-7-20(2)3/h5-6,9H,7-8H2,1-4H3,(H,17,19). The van der Waals surface area contributed by atoms with Crippen molar-refractivity contribution in [2.75, 3.05) is 33.1 Å². The number of ether oxygens (including phenoxy) is 1. The van der Waals surface area contributed by atoms with Crippen LogP contribution in [0.25, 0.3) is 0 Å². The van der Waals surface area contributed by atoms with Crippen LogP contribution in [0.3, 0.4) is 0 Å². The Bertz CT molecular complexity index is 699. The molecule has 0 aliphatic carbocycles. The molecule has 1 N–H and O–H groups in total. The van der Waals surface area contributed by atoms with Gasteiger partial charge in [-0.05, 0) is 38.7 Å². The first-order chi connectivity index (χ1) is 10.9. The van der Waals surface area contributed by atoms with Gasteiger partial charge in [-0.3, -0.25) is 0 Å². The molecule has 1 aromatic heterocycles. The van der Waals surface area contributed by atoms with E-state index in [2.05, 4.69) is 15.5 Å². The zero-order valence-corrected chi connectivity index (χ0v) is 14.4. The molecule has 0 fully saturated rings. The molecule has 2 rings (SSSR count). The maximum absolute atomic E-state index is 11.9. The fourth-order valence-electron chi connectivity index (χ4n) is 1.86. The maximum atomic E-state index is 11.9. The number of carbonyl (C=O) groups excluding carboxylic acids is 1. The second-order valence-electron chi connectivity index (χ2n) is 5.38. The lowest BCUT2D eigenvalue weighted by molar-refractivity contribution is 0.0594. The molecule has 0 amide bonds. The molecule has 0 atom stereocenters. The van der Waals surface area contributed by atoms with E-state index in [4.69, 9.17) is 16.3 Å². The topological polar surface area (TPSA) is 72.3 Å². The third kappa shape index (κ3) is 4.43. The molecule has 0 bridgehead atoms. The molecule has 1 heterocycles. The number of hydrogen-bond donors (Lipinski definition) is 1. The number of rotatable bonds is 6. The maximum Gasteiger partial charge on any atom is 0.362 e. The first-order valence-electron chi connectivity index (χ1n) is 7.12. The van der Waals surface area contributed by atoms with Gasteiger partial charge in [-0.25, -0.2) is 4.79 Å². The van der Waals surface area contributed by atoms with Crippen LogP contribution in [0.2, 0.25) is 5.02 Å². The third-order valence-electron chi connectivity index (χ3n) is 3.22. The van der Waals surface area contributed by atoms with Gasteiger partial charge in [-0.1, -0.05) is 17.7 Å². The summed E-state index contributed by atoms with van der Waals surface area (Å²) in [4.78, 5) is 15.4. The molecular weight excluding hydrogens is 318 g/mol.